The predicted octanol–water partition coefficient (Wildman–Crippen LogP) is 22.0. The van der Waals surface area contributed by atoms with E-state index in [1.807, 2.05) is 39.9 Å². The Balaban J connectivity index is 0.000000233. The summed E-state index contributed by atoms with van der Waals surface area (Å²) in [5.41, 5.74) is 53.1. The Bertz CT molecular complexity index is 3500. The molecular weight excluding hydrogens is 1120 g/mol. The van der Waals surface area contributed by atoms with Gasteiger partial charge in [0.1, 0.15) is 6.07 Å². The van der Waals surface area contributed by atoms with Crippen molar-refractivity contribution in [2.75, 3.05) is 26.1 Å². The van der Waals surface area contributed by atoms with Gasteiger partial charge in [-0.2, -0.15) is 15.3 Å². The lowest BCUT2D eigenvalue weighted by Crippen LogP contribution is -2.12. The van der Waals surface area contributed by atoms with E-state index >= 15 is 0 Å². The van der Waals surface area contributed by atoms with E-state index in [2.05, 4.69) is 232 Å². The second kappa shape index (κ2) is 31.4. The molecule has 0 aliphatic heterocycles. The Labute approximate surface area is 534 Å². The number of hydrogen-bond donors (Lipinski definition) is 0. The van der Waals surface area contributed by atoms with Gasteiger partial charge in [0.2, 0.25) is 0 Å². The average molecular weight is 1230 g/mol. The third-order valence-corrected chi connectivity index (χ3v) is 30.9. The van der Waals surface area contributed by atoms with Gasteiger partial charge in [0, 0.05) is 42.9 Å². The minimum atomic E-state index is 0.0263. The molecule has 8 heteroatoms. The van der Waals surface area contributed by atoms with E-state index in [4.69, 9.17) is 0 Å². The molecule has 0 heterocycles. The van der Waals surface area contributed by atoms with E-state index in [1.54, 1.807) is 44.5 Å². The van der Waals surface area contributed by atoms with Gasteiger partial charge < -0.3 is 5.01 Å². The third kappa shape index (κ3) is 16.7. The van der Waals surface area contributed by atoms with Crippen LogP contribution in [0, 0.1) is 152 Å². The molecule has 0 N–H and O–H groups in total. The molecule has 5 aromatic rings. The molecule has 0 saturated carbocycles. The van der Waals surface area contributed by atoms with Crippen LogP contribution in [-0.4, -0.2) is 48.2 Å². The predicted molar refractivity (Wildman–Crippen MR) is 402 cm³/mol. The third-order valence-electron chi connectivity index (χ3n) is 20.4. The first-order valence-corrected chi connectivity index (χ1v) is 38.5. The summed E-state index contributed by atoms with van der Waals surface area (Å²) in [5.74, 6) is 1.31. The van der Waals surface area contributed by atoms with Gasteiger partial charge in [-0.15, -0.1) is 0 Å². The molecule has 0 radical (unpaired) electrons. The number of fused-ring (bicyclic) bond motifs is 3. The summed E-state index contributed by atoms with van der Waals surface area (Å²) in [4.78, 5) is 0. The van der Waals surface area contributed by atoms with E-state index in [1.165, 1.54) is 176 Å². The van der Waals surface area contributed by atoms with Gasteiger partial charge in [-0.25, -0.2) is 0 Å². The standard InChI is InChI=1S/C19H32P3S.C16H24N2.C15H24N2.2C14H18/c1-7-8-16(11-23(6)22(20)21)17-9-18-14(4)12(2)13(3)15(5)19(18)10-17;1-9(2)17-18-15(8)16-13(6)11(4)10(3)12(5)14(16)7;1-9-10(2)12(4)15(13(5)11(9)3)14(6)16-17(7)8;2*1-8-6-13-11(4)9(2)10(3)12(5)14(13)7-8/h7-11,20-21H2,1-6H3;1-8H3;1-8H3;2*6H,7H2,1-5H3/q+1;;;;/b;18-15+;16-14+;;. The van der Waals surface area contributed by atoms with E-state index in [9.17, 15) is 0 Å². The van der Waals surface area contributed by atoms with Crippen molar-refractivity contribution in [3.8, 4) is 0 Å². The van der Waals surface area contributed by atoms with Crippen molar-refractivity contribution < 1.29 is 0 Å². The Hall–Kier alpha value is -4.36. The summed E-state index contributed by atoms with van der Waals surface area (Å²) >= 11 is 0. The van der Waals surface area contributed by atoms with Crippen LogP contribution in [0.3, 0.4) is 0 Å². The number of benzene rings is 5. The van der Waals surface area contributed by atoms with Crippen LogP contribution >= 0.6 is 23.9 Å². The zero-order chi connectivity index (χ0) is 65.6. The molecule has 0 amide bonds. The fourth-order valence-electron chi connectivity index (χ4n) is 13.2. The lowest BCUT2D eigenvalue weighted by atomic mass is 9.88. The molecule has 0 fully saturated rings. The van der Waals surface area contributed by atoms with Crippen molar-refractivity contribution in [3.63, 3.8) is 0 Å². The average Bonchev–Trinajstić information content (AvgIpc) is 1.79. The first-order valence-electron chi connectivity index (χ1n) is 31.5. The van der Waals surface area contributed by atoms with Crippen LogP contribution in [0.15, 0.2) is 37.6 Å². The van der Waals surface area contributed by atoms with Gasteiger partial charge in [-0.1, -0.05) is 47.8 Å². The summed E-state index contributed by atoms with van der Waals surface area (Å²) in [6.45, 7) is 63.9. The van der Waals surface area contributed by atoms with Crippen LogP contribution in [0.4, 0.5) is 0 Å². The first kappa shape index (κ1) is 74.1. The van der Waals surface area contributed by atoms with Crippen molar-refractivity contribution in [1.29, 1.82) is 0 Å². The molecule has 3 aliphatic rings. The highest BCUT2D eigenvalue weighted by Gasteiger charge is 2.26. The maximum Gasteiger partial charge on any atom is 0.145 e. The van der Waals surface area contributed by atoms with Crippen LogP contribution in [0.2, 0.25) is 0 Å². The first-order chi connectivity index (χ1) is 39.8. The SMILES string of the molecule is C/C(=N\N(C)C)c1c(C)c(C)c(C)c(C)c1C.CC(C)=N/N=C(\C)c1c(C)c(C)c(C)c(C)c1C.CC1=Cc2c(C)c(C)c(C)c(C)c2C1.CC1=Cc2c(C)c(C)c(C)c(C)c2C1.CCCC(CS(C)=[P+](P)P)=C1Cc2c(C)c(C)c(C)c(C)c2C1. The summed E-state index contributed by atoms with van der Waals surface area (Å²) in [6, 6.07) is 0. The number of nitrogens with zero attached hydrogens (tertiary/aromatic N) is 4. The molecule has 3 aliphatic carbocycles. The molecule has 3 unspecified atom stereocenters. The van der Waals surface area contributed by atoms with Gasteiger partial charge in [0.25, 0.3) is 0 Å². The number of hydrogen-bond acceptors (Lipinski definition) is 4. The van der Waals surface area contributed by atoms with Gasteiger partial charge in [-0.05, 0) is 392 Å². The van der Waals surface area contributed by atoms with Crippen molar-refractivity contribution >= 4 is 63.3 Å². The molecule has 3 atom stereocenters. The highest BCUT2D eigenvalue weighted by molar-refractivity contribution is 8.63. The van der Waals surface area contributed by atoms with Crippen LogP contribution in [0.5, 0.6) is 0 Å². The van der Waals surface area contributed by atoms with Crippen molar-refractivity contribution in [1.82, 2.24) is 5.01 Å². The largest absolute Gasteiger partial charge is 0.303 e. The fourth-order valence-corrected chi connectivity index (χ4v) is 16.4. The van der Waals surface area contributed by atoms with Gasteiger partial charge in [0.15, 0.2) is 0 Å². The van der Waals surface area contributed by atoms with Crippen molar-refractivity contribution in [3.05, 3.63) is 189 Å². The second-order valence-corrected chi connectivity index (χ2v) is 39.0. The highest BCUT2D eigenvalue weighted by atomic mass is 32.8. The van der Waals surface area contributed by atoms with E-state index in [-0.39, 0.29) is 6.07 Å². The summed E-state index contributed by atoms with van der Waals surface area (Å²) in [5, 5.41) is 14.9. The summed E-state index contributed by atoms with van der Waals surface area (Å²) < 4.78 is 0. The molecule has 5 aromatic carbocycles. The maximum absolute atomic E-state index is 4.53. The van der Waals surface area contributed by atoms with Crippen LogP contribution < -0.4 is 0 Å². The number of rotatable bonds is 8. The van der Waals surface area contributed by atoms with Gasteiger partial charge in [-0.3, -0.25) is 0 Å². The molecule has 0 saturated heterocycles. The molecule has 0 aromatic heterocycles. The van der Waals surface area contributed by atoms with E-state index in [0.717, 1.165) is 30.0 Å². The minimum Gasteiger partial charge on any atom is -0.303 e. The molecular formula is C78H116N4P3S+. The maximum atomic E-state index is 4.53. The minimum absolute atomic E-state index is 0.0263. The summed E-state index contributed by atoms with van der Waals surface area (Å²) in [7, 11) is 10.5. The Kier molecular flexibility index (Phi) is 27.1. The lowest BCUT2D eigenvalue weighted by Gasteiger charge is -2.19. The number of hydrazone groups is 1. The normalized spacial score (nSPS) is 13.4. The zero-order valence-corrected chi connectivity index (χ0v) is 64.4. The van der Waals surface area contributed by atoms with Gasteiger partial charge >= 0.3 is 0 Å². The zero-order valence-electron chi connectivity index (χ0n) is 60.4. The summed E-state index contributed by atoms with van der Waals surface area (Å²) in [6.07, 6.45) is 14.5. The second-order valence-electron chi connectivity index (χ2n) is 26.3. The molecule has 0 bridgehead atoms. The topological polar surface area (TPSA) is 40.3 Å². The Morgan fingerprint density at radius 2 is 0.721 bits per heavy atom. The molecule has 0 spiro atoms. The Morgan fingerprint density at radius 3 is 1.03 bits per heavy atom. The monoisotopic (exact) mass is 1230 g/mol. The van der Waals surface area contributed by atoms with Crippen LogP contribution in [0.25, 0.3) is 12.2 Å². The molecule has 468 valence electrons. The molecule has 86 heavy (non-hydrogen) atoms. The van der Waals surface area contributed by atoms with E-state index in [0.29, 0.717) is 10.1 Å². The molecule has 4 nitrogen and oxygen atoms in total. The van der Waals surface area contributed by atoms with Gasteiger partial charge in [0.05, 0.1) is 29.3 Å². The number of allylic oxidation sites excluding steroid dienone is 3. The Morgan fingerprint density at radius 1 is 0.419 bits per heavy atom. The lowest BCUT2D eigenvalue weighted by molar-refractivity contribution is 0.437. The smallest absolute Gasteiger partial charge is 0.145 e. The van der Waals surface area contributed by atoms with E-state index < -0.39 is 0 Å². The van der Waals surface area contributed by atoms with Crippen LogP contribution in [-0.2, 0) is 35.8 Å². The van der Waals surface area contributed by atoms with Crippen molar-refractivity contribution in [2.24, 2.45) is 15.3 Å². The molecule has 8 rings (SSSR count). The fraction of sp³-hybridized carbons (Fsp3) is 0.500. The van der Waals surface area contributed by atoms with Crippen LogP contribution in [0.1, 0.15) is 228 Å². The van der Waals surface area contributed by atoms with Crippen molar-refractivity contribution in [2.45, 2.75) is 239 Å². The quantitative estimate of drug-likeness (QED) is 0.0661. The highest BCUT2D eigenvalue weighted by Crippen LogP contribution is 2.46.